The van der Waals surface area contributed by atoms with Gasteiger partial charge in [-0.25, -0.2) is 0 Å². The predicted molar refractivity (Wildman–Crippen MR) is 65.1 cm³/mol. The Kier molecular flexibility index (Phi) is 4.01. The van der Waals surface area contributed by atoms with Gasteiger partial charge in [-0.3, -0.25) is 14.9 Å². The zero-order valence-electron chi connectivity index (χ0n) is 10.3. The van der Waals surface area contributed by atoms with Crippen LogP contribution in [0, 0.1) is 10.1 Å². The van der Waals surface area contributed by atoms with Gasteiger partial charge in [0.2, 0.25) is 0 Å². The van der Waals surface area contributed by atoms with Crippen LogP contribution in [0.25, 0.3) is 0 Å². The normalized spacial score (nSPS) is 11.5. The van der Waals surface area contributed by atoms with Gasteiger partial charge in [0.15, 0.2) is 0 Å². The Labute approximate surface area is 99.4 Å². The molecular formula is C11H17N3O3. The Morgan fingerprint density at radius 1 is 1.47 bits per heavy atom. The number of pyridine rings is 1. The van der Waals surface area contributed by atoms with Gasteiger partial charge in [-0.1, -0.05) is 0 Å². The molecule has 1 aromatic rings. The summed E-state index contributed by atoms with van der Waals surface area (Å²) >= 11 is 0. The summed E-state index contributed by atoms with van der Waals surface area (Å²) in [6.45, 7) is 7.05. The van der Waals surface area contributed by atoms with E-state index in [1.54, 1.807) is 6.20 Å². The van der Waals surface area contributed by atoms with Crippen LogP contribution < -0.4 is 10.9 Å². The van der Waals surface area contributed by atoms with Crippen LogP contribution in [0.5, 0.6) is 0 Å². The monoisotopic (exact) mass is 239 g/mol. The van der Waals surface area contributed by atoms with Crippen molar-refractivity contribution < 1.29 is 4.92 Å². The van der Waals surface area contributed by atoms with Crippen LogP contribution in [0.15, 0.2) is 23.1 Å². The van der Waals surface area contributed by atoms with Gasteiger partial charge in [-0.15, -0.1) is 0 Å². The van der Waals surface area contributed by atoms with Crippen LogP contribution in [-0.2, 0) is 6.54 Å². The summed E-state index contributed by atoms with van der Waals surface area (Å²) in [7, 11) is 0. The molecule has 1 heterocycles. The molecule has 0 spiro atoms. The van der Waals surface area contributed by atoms with Gasteiger partial charge in [0, 0.05) is 30.9 Å². The molecule has 0 bridgehead atoms. The summed E-state index contributed by atoms with van der Waals surface area (Å²) in [5.41, 5.74) is -0.985. The minimum absolute atomic E-state index is 0.0374. The van der Waals surface area contributed by atoms with E-state index >= 15 is 0 Å². The summed E-state index contributed by atoms with van der Waals surface area (Å²) < 4.78 is 1.34. The van der Waals surface area contributed by atoms with E-state index in [1.165, 1.54) is 16.7 Å². The highest BCUT2D eigenvalue weighted by Gasteiger charge is 2.13. The van der Waals surface area contributed by atoms with Gasteiger partial charge in [0.05, 0.1) is 4.92 Å². The lowest BCUT2D eigenvalue weighted by atomic mass is 10.1. The van der Waals surface area contributed by atoms with Crippen LogP contribution in [0.2, 0.25) is 0 Å². The second kappa shape index (κ2) is 5.09. The first-order valence-electron chi connectivity index (χ1n) is 5.40. The summed E-state index contributed by atoms with van der Waals surface area (Å²) in [6, 6.07) is 2.73. The third kappa shape index (κ3) is 3.99. The summed E-state index contributed by atoms with van der Waals surface area (Å²) in [5.74, 6) is 0. The van der Waals surface area contributed by atoms with Crippen LogP contribution in [0.3, 0.4) is 0 Å². The zero-order valence-corrected chi connectivity index (χ0v) is 10.3. The van der Waals surface area contributed by atoms with E-state index in [0.717, 1.165) is 0 Å². The maximum Gasteiger partial charge on any atom is 0.334 e. The lowest BCUT2D eigenvalue weighted by Crippen LogP contribution is -2.39. The Morgan fingerprint density at radius 3 is 2.65 bits per heavy atom. The first-order chi connectivity index (χ1) is 7.81. The smallest absolute Gasteiger partial charge is 0.310 e. The standard InChI is InChI=1S/C11H17N3O3/c1-11(2,3)12-6-8-13-7-4-5-9(10(13)15)14(16)17/h4-5,7,12H,6,8H2,1-3H3. The summed E-state index contributed by atoms with van der Waals surface area (Å²) in [5, 5.41) is 13.8. The first kappa shape index (κ1) is 13.4. The average molecular weight is 239 g/mol. The molecule has 94 valence electrons. The molecule has 1 rings (SSSR count). The van der Waals surface area contributed by atoms with Gasteiger partial charge in [0.25, 0.3) is 0 Å². The molecule has 1 aromatic heterocycles. The van der Waals surface area contributed by atoms with E-state index in [9.17, 15) is 14.9 Å². The number of nitro groups is 1. The van der Waals surface area contributed by atoms with Crippen LogP contribution in [-0.4, -0.2) is 21.6 Å². The van der Waals surface area contributed by atoms with E-state index in [0.29, 0.717) is 13.1 Å². The van der Waals surface area contributed by atoms with Crippen molar-refractivity contribution >= 4 is 5.69 Å². The third-order valence-corrected chi connectivity index (χ3v) is 2.20. The lowest BCUT2D eigenvalue weighted by Gasteiger charge is -2.20. The molecule has 0 aliphatic carbocycles. The molecule has 6 heteroatoms. The highest BCUT2D eigenvalue weighted by Crippen LogP contribution is 2.02. The van der Waals surface area contributed by atoms with Crippen molar-refractivity contribution in [2.45, 2.75) is 32.9 Å². The topological polar surface area (TPSA) is 77.2 Å². The highest BCUT2D eigenvalue weighted by molar-refractivity contribution is 5.24. The van der Waals surface area contributed by atoms with E-state index in [2.05, 4.69) is 5.32 Å². The number of hydrogen-bond donors (Lipinski definition) is 1. The first-order valence-corrected chi connectivity index (χ1v) is 5.40. The van der Waals surface area contributed by atoms with Crippen LogP contribution in [0.1, 0.15) is 20.8 Å². The Hall–Kier alpha value is -1.69. The van der Waals surface area contributed by atoms with Crippen LogP contribution in [0.4, 0.5) is 5.69 Å². The van der Waals surface area contributed by atoms with Crippen molar-refractivity contribution in [3.63, 3.8) is 0 Å². The summed E-state index contributed by atoms with van der Waals surface area (Å²) in [4.78, 5) is 21.6. The summed E-state index contributed by atoms with van der Waals surface area (Å²) in [6.07, 6.45) is 1.56. The SMILES string of the molecule is CC(C)(C)NCCn1cccc([N+](=O)[O-])c1=O. The second-order valence-corrected chi connectivity index (χ2v) is 4.83. The molecule has 0 aliphatic rings. The van der Waals surface area contributed by atoms with Crippen molar-refractivity contribution in [1.82, 2.24) is 9.88 Å². The second-order valence-electron chi connectivity index (χ2n) is 4.83. The highest BCUT2D eigenvalue weighted by atomic mass is 16.6. The fraction of sp³-hybridized carbons (Fsp3) is 0.545. The number of hydrogen-bond acceptors (Lipinski definition) is 4. The average Bonchev–Trinajstić information content (AvgIpc) is 2.18. The number of nitrogens with one attached hydrogen (secondary N) is 1. The van der Waals surface area contributed by atoms with Crippen molar-refractivity contribution in [2.75, 3.05) is 6.54 Å². The van der Waals surface area contributed by atoms with Gasteiger partial charge < -0.3 is 9.88 Å². The number of aromatic nitrogens is 1. The fourth-order valence-corrected chi connectivity index (χ4v) is 1.39. The van der Waals surface area contributed by atoms with Gasteiger partial charge in [-0.2, -0.15) is 0 Å². The molecule has 0 aliphatic heterocycles. The molecule has 0 amide bonds. The molecule has 0 radical (unpaired) electrons. The minimum atomic E-state index is -0.657. The molecule has 6 nitrogen and oxygen atoms in total. The molecule has 1 N–H and O–H groups in total. The van der Waals surface area contributed by atoms with Gasteiger partial charge >= 0.3 is 11.2 Å². The largest absolute Gasteiger partial charge is 0.334 e. The van der Waals surface area contributed by atoms with Gasteiger partial charge in [-0.05, 0) is 26.8 Å². The van der Waals surface area contributed by atoms with Crippen molar-refractivity contribution in [2.24, 2.45) is 0 Å². The molecule has 0 saturated carbocycles. The van der Waals surface area contributed by atoms with E-state index in [4.69, 9.17) is 0 Å². The predicted octanol–water partition coefficient (Wildman–Crippen LogP) is 1.14. The Balaban J connectivity index is 2.76. The molecule has 0 saturated heterocycles. The van der Waals surface area contributed by atoms with Crippen LogP contribution >= 0.6 is 0 Å². The molecule has 0 aromatic carbocycles. The Morgan fingerprint density at radius 2 is 2.12 bits per heavy atom. The number of nitrogens with zero attached hydrogens (tertiary/aromatic N) is 2. The maximum atomic E-state index is 11.7. The van der Waals surface area contributed by atoms with E-state index in [-0.39, 0.29) is 11.2 Å². The quantitative estimate of drug-likeness (QED) is 0.631. The minimum Gasteiger partial charge on any atom is -0.310 e. The molecule has 0 atom stereocenters. The van der Waals surface area contributed by atoms with Crippen molar-refractivity contribution in [1.29, 1.82) is 0 Å². The number of rotatable bonds is 4. The van der Waals surface area contributed by atoms with Crippen molar-refractivity contribution in [3.8, 4) is 0 Å². The zero-order chi connectivity index (χ0) is 13.1. The molecule has 17 heavy (non-hydrogen) atoms. The van der Waals surface area contributed by atoms with E-state index < -0.39 is 10.5 Å². The lowest BCUT2D eigenvalue weighted by molar-refractivity contribution is -0.386. The Bertz CT molecular complexity index is 460. The van der Waals surface area contributed by atoms with Crippen molar-refractivity contribution in [3.05, 3.63) is 38.8 Å². The van der Waals surface area contributed by atoms with Gasteiger partial charge in [0.1, 0.15) is 0 Å². The third-order valence-electron chi connectivity index (χ3n) is 2.20. The van der Waals surface area contributed by atoms with E-state index in [1.807, 2.05) is 20.8 Å². The molecule has 0 unspecified atom stereocenters. The molecular weight excluding hydrogens is 222 g/mol. The molecule has 0 fully saturated rings. The fourth-order valence-electron chi connectivity index (χ4n) is 1.39. The maximum absolute atomic E-state index is 11.7.